The van der Waals surface area contributed by atoms with Crippen molar-refractivity contribution in [3.63, 3.8) is 0 Å². The summed E-state index contributed by atoms with van der Waals surface area (Å²) in [6.45, 7) is 6.99. The highest BCUT2D eigenvalue weighted by atomic mass is 16.5. The predicted molar refractivity (Wildman–Crippen MR) is 83.8 cm³/mol. The third-order valence-electron chi connectivity index (χ3n) is 3.98. The van der Waals surface area contributed by atoms with Gasteiger partial charge in [0.25, 0.3) is 0 Å². The van der Waals surface area contributed by atoms with Crippen molar-refractivity contribution >= 4 is 11.7 Å². The van der Waals surface area contributed by atoms with E-state index in [2.05, 4.69) is 25.5 Å². The van der Waals surface area contributed by atoms with Gasteiger partial charge in [-0.05, 0) is 33.2 Å². The second kappa shape index (κ2) is 6.49. The highest BCUT2D eigenvalue weighted by Gasteiger charge is 2.31. The molecule has 0 spiro atoms. The first-order valence-electron chi connectivity index (χ1n) is 7.92. The van der Waals surface area contributed by atoms with E-state index < -0.39 is 0 Å². The summed E-state index contributed by atoms with van der Waals surface area (Å²) in [7, 11) is 0. The zero-order valence-electron chi connectivity index (χ0n) is 13.7. The first-order chi connectivity index (χ1) is 11.0. The molecule has 0 bridgehead atoms. The van der Waals surface area contributed by atoms with E-state index in [4.69, 9.17) is 4.52 Å². The number of amides is 1. The summed E-state index contributed by atoms with van der Waals surface area (Å²) in [6.07, 6.45) is 3.65. The second-order valence-corrected chi connectivity index (χ2v) is 6.10. The Hall–Kier alpha value is -2.22. The number of carbonyl (C=O) groups is 1. The minimum absolute atomic E-state index is 0.0493. The van der Waals surface area contributed by atoms with Crippen LogP contribution in [-0.4, -0.2) is 43.8 Å². The summed E-state index contributed by atoms with van der Waals surface area (Å²) in [4.78, 5) is 18.8. The summed E-state index contributed by atoms with van der Waals surface area (Å²) in [6, 6.07) is 2.05. The number of aryl methyl sites for hydroxylation is 1. The first kappa shape index (κ1) is 15.7. The molecular weight excluding hydrogens is 296 g/mol. The van der Waals surface area contributed by atoms with Crippen molar-refractivity contribution < 1.29 is 9.32 Å². The average molecular weight is 318 g/mol. The molecule has 3 heterocycles. The number of anilines is 1. The summed E-state index contributed by atoms with van der Waals surface area (Å²) in [5.74, 6) is 1.88. The van der Waals surface area contributed by atoms with Crippen LogP contribution < -0.4 is 5.32 Å². The van der Waals surface area contributed by atoms with Gasteiger partial charge in [0.2, 0.25) is 11.8 Å². The van der Waals surface area contributed by atoms with Crippen LogP contribution in [0.5, 0.6) is 0 Å². The van der Waals surface area contributed by atoms with Crippen LogP contribution in [0.25, 0.3) is 0 Å². The molecule has 0 saturated carbocycles. The quantitative estimate of drug-likeness (QED) is 0.906. The first-order valence-corrected chi connectivity index (χ1v) is 7.92. The fourth-order valence-corrected chi connectivity index (χ4v) is 2.95. The number of nitrogens with one attached hydrogen (secondary N) is 1. The molecule has 3 rings (SSSR count). The molecule has 1 N–H and O–H groups in total. The number of aromatic nitrogens is 4. The summed E-state index contributed by atoms with van der Waals surface area (Å²) >= 11 is 0. The van der Waals surface area contributed by atoms with E-state index in [-0.39, 0.29) is 18.0 Å². The number of likely N-dealkylation sites (tertiary alicyclic amines) is 1. The molecule has 1 saturated heterocycles. The molecule has 1 aliphatic rings. The van der Waals surface area contributed by atoms with E-state index in [0.717, 1.165) is 25.2 Å². The molecule has 1 amide bonds. The lowest BCUT2D eigenvalue weighted by Crippen LogP contribution is -2.33. The number of hydrogen-bond donors (Lipinski definition) is 1. The Labute approximate surface area is 134 Å². The van der Waals surface area contributed by atoms with Crippen molar-refractivity contribution in [1.82, 2.24) is 24.8 Å². The van der Waals surface area contributed by atoms with Crippen molar-refractivity contribution in [3.8, 4) is 0 Å². The molecule has 0 unspecified atom stereocenters. The van der Waals surface area contributed by atoms with E-state index in [0.29, 0.717) is 18.3 Å². The maximum absolute atomic E-state index is 12.4. The largest absolute Gasteiger partial charge is 0.340 e. The third kappa shape index (κ3) is 3.42. The molecule has 1 aliphatic heterocycles. The van der Waals surface area contributed by atoms with Crippen LogP contribution in [0.2, 0.25) is 0 Å². The van der Waals surface area contributed by atoms with E-state index in [1.807, 2.05) is 19.9 Å². The molecule has 1 fully saturated rings. The van der Waals surface area contributed by atoms with E-state index in [1.54, 1.807) is 17.8 Å². The van der Waals surface area contributed by atoms with Gasteiger partial charge in [0, 0.05) is 19.0 Å². The van der Waals surface area contributed by atoms with E-state index in [1.165, 1.54) is 0 Å². The van der Waals surface area contributed by atoms with Crippen molar-refractivity contribution in [2.45, 2.75) is 45.7 Å². The summed E-state index contributed by atoms with van der Waals surface area (Å²) in [5, 5.41) is 11.1. The molecule has 0 aromatic carbocycles. The van der Waals surface area contributed by atoms with Crippen molar-refractivity contribution in [1.29, 1.82) is 0 Å². The molecule has 2 aromatic rings. The molecule has 124 valence electrons. The fourth-order valence-electron chi connectivity index (χ4n) is 2.95. The van der Waals surface area contributed by atoms with Crippen molar-refractivity contribution in [2.75, 3.05) is 18.4 Å². The SMILES string of the molecule is Cc1nc([C@@H]2CCCN2CC(=O)Nc2ccnn2C(C)C)no1. The van der Waals surface area contributed by atoms with Crippen LogP contribution in [0.4, 0.5) is 5.82 Å². The Bertz CT molecular complexity index is 677. The Morgan fingerprint density at radius 1 is 1.52 bits per heavy atom. The third-order valence-corrected chi connectivity index (χ3v) is 3.98. The number of rotatable bonds is 5. The number of hydrogen-bond acceptors (Lipinski definition) is 6. The van der Waals surface area contributed by atoms with Gasteiger partial charge in [0.15, 0.2) is 5.82 Å². The lowest BCUT2D eigenvalue weighted by atomic mass is 10.2. The lowest BCUT2D eigenvalue weighted by molar-refractivity contribution is -0.117. The molecule has 8 nitrogen and oxygen atoms in total. The van der Waals surface area contributed by atoms with Crippen LogP contribution in [-0.2, 0) is 4.79 Å². The summed E-state index contributed by atoms with van der Waals surface area (Å²) < 4.78 is 6.85. The predicted octanol–water partition coefficient (Wildman–Crippen LogP) is 1.93. The van der Waals surface area contributed by atoms with Gasteiger partial charge in [0.05, 0.1) is 18.8 Å². The fraction of sp³-hybridized carbons (Fsp3) is 0.600. The van der Waals surface area contributed by atoms with Crippen LogP contribution in [0.1, 0.15) is 50.5 Å². The monoisotopic (exact) mass is 318 g/mol. The molecular formula is C15H22N6O2. The highest BCUT2D eigenvalue weighted by Crippen LogP contribution is 2.29. The molecule has 2 aromatic heterocycles. The van der Waals surface area contributed by atoms with Crippen LogP contribution in [0, 0.1) is 6.92 Å². The number of carbonyl (C=O) groups excluding carboxylic acids is 1. The Balaban J connectivity index is 1.64. The Kier molecular flexibility index (Phi) is 4.42. The standard InChI is InChI=1S/C15H22N6O2/c1-10(2)21-13(6-7-16-21)18-14(22)9-20-8-4-5-12(20)15-17-11(3)23-19-15/h6-7,10,12H,4-5,8-9H2,1-3H3,(H,18,22)/t12-/m0/s1. The van der Waals surface area contributed by atoms with Gasteiger partial charge in [0.1, 0.15) is 5.82 Å². The van der Waals surface area contributed by atoms with Gasteiger partial charge in [-0.25, -0.2) is 4.68 Å². The molecule has 23 heavy (non-hydrogen) atoms. The van der Waals surface area contributed by atoms with Gasteiger partial charge in [-0.15, -0.1) is 0 Å². The molecule has 0 aliphatic carbocycles. The van der Waals surface area contributed by atoms with Crippen LogP contribution in [0.15, 0.2) is 16.8 Å². The van der Waals surface area contributed by atoms with Crippen LogP contribution in [0.3, 0.4) is 0 Å². The minimum atomic E-state index is -0.0560. The van der Waals surface area contributed by atoms with Crippen molar-refractivity contribution in [2.24, 2.45) is 0 Å². The van der Waals surface area contributed by atoms with Gasteiger partial charge in [-0.2, -0.15) is 10.1 Å². The maximum Gasteiger partial charge on any atom is 0.239 e. The van der Waals surface area contributed by atoms with Gasteiger partial charge >= 0.3 is 0 Å². The van der Waals surface area contributed by atoms with E-state index in [9.17, 15) is 4.79 Å². The highest BCUT2D eigenvalue weighted by molar-refractivity contribution is 5.91. The average Bonchev–Trinajstić information content (AvgIpc) is 3.19. The maximum atomic E-state index is 12.4. The van der Waals surface area contributed by atoms with E-state index >= 15 is 0 Å². The molecule has 8 heteroatoms. The van der Waals surface area contributed by atoms with Crippen LogP contribution >= 0.6 is 0 Å². The Morgan fingerprint density at radius 2 is 2.35 bits per heavy atom. The second-order valence-electron chi connectivity index (χ2n) is 6.10. The minimum Gasteiger partial charge on any atom is -0.340 e. The summed E-state index contributed by atoms with van der Waals surface area (Å²) in [5.41, 5.74) is 0. The van der Waals surface area contributed by atoms with Crippen molar-refractivity contribution in [3.05, 3.63) is 24.0 Å². The smallest absolute Gasteiger partial charge is 0.239 e. The van der Waals surface area contributed by atoms with Gasteiger partial charge in [-0.1, -0.05) is 5.16 Å². The van der Waals surface area contributed by atoms with Gasteiger partial charge < -0.3 is 9.84 Å². The lowest BCUT2D eigenvalue weighted by Gasteiger charge is -2.21. The molecule has 0 radical (unpaired) electrons. The molecule has 1 atom stereocenters. The topological polar surface area (TPSA) is 89.1 Å². The normalized spacial score (nSPS) is 18.7. The number of nitrogens with zero attached hydrogens (tertiary/aromatic N) is 5. The Morgan fingerprint density at radius 3 is 3.04 bits per heavy atom. The zero-order valence-corrected chi connectivity index (χ0v) is 13.7. The van der Waals surface area contributed by atoms with Gasteiger partial charge in [-0.3, -0.25) is 9.69 Å². The zero-order chi connectivity index (χ0) is 16.4.